The van der Waals surface area contributed by atoms with Gasteiger partial charge in [0.05, 0.1) is 0 Å². The SMILES string of the molecule is CCOC(O)c1ccc(C(O)OC)cc1. The van der Waals surface area contributed by atoms with E-state index >= 15 is 0 Å². The van der Waals surface area contributed by atoms with E-state index in [0.717, 1.165) is 0 Å². The van der Waals surface area contributed by atoms with E-state index in [0.29, 0.717) is 17.7 Å². The fourth-order valence-corrected chi connectivity index (χ4v) is 1.22. The van der Waals surface area contributed by atoms with Gasteiger partial charge in [0.15, 0.2) is 12.6 Å². The Labute approximate surface area is 89.1 Å². The van der Waals surface area contributed by atoms with Gasteiger partial charge >= 0.3 is 0 Å². The van der Waals surface area contributed by atoms with Crippen molar-refractivity contribution in [3.8, 4) is 0 Å². The van der Waals surface area contributed by atoms with E-state index in [1.807, 2.05) is 6.92 Å². The van der Waals surface area contributed by atoms with Crippen LogP contribution >= 0.6 is 0 Å². The monoisotopic (exact) mass is 212 g/mol. The molecule has 0 fully saturated rings. The van der Waals surface area contributed by atoms with Crippen LogP contribution in [-0.4, -0.2) is 23.9 Å². The van der Waals surface area contributed by atoms with Gasteiger partial charge in [0, 0.05) is 24.8 Å². The molecule has 0 aliphatic carbocycles. The number of ether oxygens (including phenoxy) is 2. The average Bonchev–Trinajstić information content (AvgIpc) is 2.28. The Kier molecular flexibility index (Phi) is 4.71. The summed E-state index contributed by atoms with van der Waals surface area (Å²) in [5, 5.41) is 18.8. The molecule has 0 aliphatic rings. The van der Waals surface area contributed by atoms with Gasteiger partial charge in [-0.15, -0.1) is 0 Å². The summed E-state index contributed by atoms with van der Waals surface area (Å²) in [7, 11) is 1.42. The van der Waals surface area contributed by atoms with Gasteiger partial charge in [0.25, 0.3) is 0 Å². The maximum atomic E-state index is 9.49. The van der Waals surface area contributed by atoms with Crippen LogP contribution in [0, 0.1) is 0 Å². The number of aliphatic hydroxyl groups excluding tert-OH is 2. The fraction of sp³-hybridized carbons (Fsp3) is 0.455. The van der Waals surface area contributed by atoms with Crippen LogP contribution in [-0.2, 0) is 9.47 Å². The van der Waals surface area contributed by atoms with Crippen molar-refractivity contribution in [2.75, 3.05) is 13.7 Å². The largest absolute Gasteiger partial charge is 0.364 e. The number of rotatable bonds is 5. The first-order valence-corrected chi connectivity index (χ1v) is 4.79. The number of aliphatic hydroxyl groups is 2. The van der Waals surface area contributed by atoms with Crippen LogP contribution < -0.4 is 0 Å². The van der Waals surface area contributed by atoms with Crippen molar-refractivity contribution < 1.29 is 19.7 Å². The maximum absolute atomic E-state index is 9.49. The topological polar surface area (TPSA) is 58.9 Å². The van der Waals surface area contributed by atoms with E-state index in [1.165, 1.54) is 7.11 Å². The van der Waals surface area contributed by atoms with Gasteiger partial charge in [0.2, 0.25) is 0 Å². The minimum atomic E-state index is -0.928. The first-order valence-electron chi connectivity index (χ1n) is 4.79. The summed E-state index contributed by atoms with van der Waals surface area (Å²) in [6, 6.07) is 6.76. The smallest absolute Gasteiger partial charge is 0.181 e. The summed E-state index contributed by atoms with van der Waals surface area (Å²) in [6.07, 6.45) is -1.84. The predicted octanol–water partition coefficient (Wildman–Crippen LogP) is 1.35. The molecule has 4 heteroatoms. The molecular weight excluding hydrogens is 196 g/mol. The van der Waals surface area contributed by atoms with Crippen LogP contribution in [0.25, 0.3) is 0 Å². The molecule has 0 spiro atoms. The van der Waals surface area contributed by atoms with Crippen molar-refractivity contribution >= 4 is 0 Å². The molecule has 15 heavy (non-hydrogen) atoms. The zero-order chi connectivity index (χ0) is 11.3. The molecule has 0 radical (unpaired) electrons. The Hall–Kier alpha value is -0.940. The van der Waals surface area contributed by atoms with E-state index in [2.05, 4.69) is 0 Å². The van der Waals surface area contributed by atoms with E-state index in [1.54, 1.807) is 24.3 Å². The Bertz CT molecular complexity index is 283. The fourth-order valence-electron chi connectivity index (χ4n) is 1.22. The highest BCUT2D eigenvalue weighted by Gasteiger charge is 2.09. The van der Waals surface area contributed by atoms with Crippen molar-refractivity contribution in [1.82, 2.24) is 0 Å². The van der Waals surface area contributed by atoms with Crippen LogP contribution in [0.4, 0.5) is 0 Å². The molecule has 0 saturated carbocycles. The van der Waals surface area contributed by atoms with E-state index in [-0.39, 0.29) is 0 Å². The second kappa shape index (κ2) is 5.82. The van der Waals surface area contributed by atoms with Gasteiger partial charge in [0.1, 0.15) is 0 Å². The Morgan fingerprint density at radius 1 is 1.07 bits per heavy atom. The van der Waals surface area contributed by atoms with Crippen LogP contribution in [0.2, 0.25) is 0 Å². The molecule has 84 valence electrons. The van der Waals surface area contributed by atoms with Crippen molar-refractivity contribution in [3.63, 3.8) is 0 Å². The van der Waals surface area contributed by atoms with Gasteiger partial charge in [-0.3, -0.25) is 0 Å². The lowest BCUT2D eigenvalue weighted by Crippen LogP contribution is -2.04. The Morgan fingerprint density at radius 2 is 1.53 bits per heavy atom. The average molecular weight is 212 g/mol. The third-order valence-corrected chi connectivity index (χ3v) is 2.05. The van der Waals surface area contributed by atoms with Gasteiger partial charge in [-0.25, -0.2) is 0 Å². The lowest BCUT2D eigenvalue weighted by atomic mass is 10.1. The summed E-state index contributed by atoms with van der Waals surface area (Å²) in [5.74, 6) is 0. The van der Waals surface area contributed by atoms with Crippen LogP contribution in [0.5, 0.6) is 0 Å². The molecule has 2 unspecified atom stereocenters. The zero-order valence-electron chi connectivity index (χ0n) is 8.88. The third kappa shape index (κ3) is 3.28. The molecule has 0 saturated heterocycles. The number of hydrogen-bond donors (Lipinski definition) is 2. The molecule has 0 heterocycles. The second-order valence-electron chi connectivity index (χ2n) is 3.06. The van der Waals surface area contributed by atoms with Crippen LogP contribution in [0.3, 0.4) is 0 Å². The number of benzene rings is 1. The van der Waals surface area contributed by atoms with Gasteiger partial charge < -0.3 is 19.7 Å². The zero-order valence-corrected chi connectivity index (χ0v) is 8.88. The van der Waals surface area contributed by atoms with E-state index in [4.69, 9.17) is 9.47 Å². The van der Waals surface area contributed by atoms with Crippen LogP contribution in [0.15, 0.2) is 24.3 Å². The molecule has 2 atom stereocenters. The molecule has 1 rings (SSSR count). The number of methoxy groups -OCH3 is 1. The second-order valence-corrected chi connectivity index (χ2v) is 3.06. The van der Waals surface area contributed by atoms with Crippen molar-refractivity contribution in [3.05, 3.63) is 35.4 Å². The molecule has 0 aliphatic heterocycles. The standard InChI is InChI=1S/C11H16O4/c1-3-15-11(13)9-6-4-8(5-7-9)10(12)14-2/h4-7,10-13H,3H2,1-2H3. The maximum Gasteiger partial charge on any atom is 0.181 e. The minimum Gasteiger partial charge on any atom is -0.364 e. The highest BCUT2D eigenvalue weighted by molar-refractivity contribution is 5.23. The van der Waals surface area contributed by atoms with Gasteiger partial charge in [-0.05, 0) is 6.92 Å². The normalized spacial score (nSPS) is 14.9. The van der Waals surface area contributed by atoms with Crippen molar-refractivity contribution in [2.45, 2.75) is 19.5 Å². The lowest BCUT2D eigenvalue weighted by Gasteiger charge is -2.13. The predicted molar refractivity (Wildman–Crippen MR) is 55.0 cm³/mol. The highest BCUT2D eigenvalue weighted by atomic mass is 16.6. The summed E-state index contributed by atoms with van der Waals surface area (Å²) in [5.41, 5.74) is 1.30. The van der Waals surface area contributed by atoms with E-state index < -0.39 is 12.6 Å². The summed E-state index contributed by atoms with van der Waals surface area (Å²) in [4.78, 5) is 0. The Balaban J connectivity index is 2.71. The highest BCUT2D eigenvalue weighted by Crippen LogP contribution is 2.18. The molecule has 2 N–H and O–H groups in total. The molecule has 0 amide bonds. The van der Waals surface area contributed by atoms with Gasteiger partial charge in [-0.1, -0.05) is 24.3 Å². The molecule has 4 nitrogen and oxygen atoms in total. The summed E-state index contributed by atoms with van der Waals surface area (Å²) < 4.78 is 9.76. The van der Waals surface area contributed by atoms with Crippen molar-refractivity contribution in [2.24, 2.45) is 0 Å². The molecule has 0 aromatic heterocycles. The Morgan fingerprint density at radius 3 is 1.93 bits per heavy atom. The van der Waals surface area contributed by atoms with Crippen LogP contribution in [0.1, 0.15) is 30.6 Å². The van der Waals surface area contributed by atoms with Crippen molar-refractivity contribution in [1.29, 1.82) is 0 Å². The molecule has 1 aromatic rings. The third-order valence-electron chi connectivity index (χ3n) is 2.05. The summed E-state index contributed by atoms with van der Waals surface area (Å²) >= 11 is 0. The minimum absolute atomic E-state index is 0.448. The first kappa shape index (κ1) is 12.1. The molecule has 1 aromatic carbocycles. The molecule has 0 bridgehead atoms. The first-order chi connectivity index (χ1) is 7.19. The molecular formula is C11H16O4. The van der Waals surface area contributed by atoms with E-state index in [9.17, 15) is 10.2 Å². The lowest BCUT2D eigenvalue weighted by molar-refractivity contribution is -0.0982. The number of hydrogen-bond acceptors (Lipinski definition) is 4. The quantitative estimate of drug-likeness (QED) is 0.723. The summed E-state index contributed by atoms with van der Waals surface area (Å²) in [6.45, 7) is 2.26. The van der Waals surface area contributed by atoms with Gasteiger partial charge in [-0.2, -0.15) is 0 Å².